The molecule has 2 aliphatic heterocycles. The van der Waals surface area contributed by atoms with Crippen molar-refractivity contribution in [3.05, 3.63) is 27.2 Å². The van der Waals surface area contributed by atoms with E-state index in [0.29, 0.717) is 17.4 Å². The van der Waals surface area contributed by atoms with Crippen molar-refractivity contribution in [1.29, 1.82) is 0 Å². The summed E-state index contributed by atoms with van der Waals surface area (Å²) in [6.45, 7) is 5.46. The number of rotatable bonds is 1. The van der Waals surface area contributed by atoms with E-state index >= 15 is 0 Å². The summed E-state index contributed by atoms with van der Waals surface area (Å²) >= 11 is 0. The highest BCUT2D eigenvalue weighted by molar-refractivity contribution is 5.82. The molecule has 2 fully saturated rings. The Bertz CT molecular complexity index is 1090. The lowest BCUT2D eigenvalue weighted by Crippen LogP contribution is -2.49. The first-order chi connectivity index (χ1) is 13.6. The highest BCUT2D eigenvalue weighted by Crippen LogP contribution is 2.42. The molecular formula is C18H23N5O6. The van der Waals surface area contributed by atoms with E-state index in [0.717, 1.165) is 12.8 Å². The van der Waals surface area contributed by atoms with Crippen molar-refractivity contribution in [2.45, 2.75) is 70.2 Å². The summed E-state index contributed by atoms with van der Waals surface area (Å²) in [6, 6.07) is -0.306. The number of piperidine rings is 1. The van der Waals surface area contributed by atoms with Crippen LogP contribution in [0.5, 0.6) is 0 Å². The second kappa shape index (κ2) is 6.46. The van der Waals surface area contributed by atoms with Crippen molar-refractivity contribution < 1.29 is 19.4 Å². The van der Waals surface area contributed by atoms with Gasteiger partial charge in [0.1, 0.15) is 5.60 Å². The molecule has 11 nitrogen and oxygen atoms in total. The summed E-state index contributed by atoms with van der Waals surface area (Å²) in [5.74, 6) is 0. The van der Waals surface area contributed by atoms with Crippen molar-refractivity contribution in [2.24, 2.45) is 0 Å². The van der Waals surface area contributed by atoms with E-state index < -0.39 is 22.9 Å². The fourth-order valence-corrected chi connectivity index (χ4v) is 4.48. The summed E-state index contributed by atoms with van der Waals surface area (Å²) in [4.78, 5) is 56.2. The summed E-state index contributed by atoms with van der Waals surface area (Å²) in [6.07, 6.45) is 2.30. The summed E-state index contributed by atoms with van der Waals surface area (Å²) in [7, 11) is 0. The first kappa shape index (κ1) is 19.2. The Labute approximate surface area is 164 Å². The number of imidazole rings is 1. The molecule has 2 atom stereocenters. The van der Waals surface area contributed by atoms with E-state index in [2.05, 4.69) is 4.98 Å². The predicted octanol–water partition coefficient (Wildman–Crippen LogP) is 1.52. The minimum absolute atomic E-state index is 0.0404. The van der Waals surface area contributed by atoms with Gasteiger partial charge < -0.3 is 19.3 Å². The van der Waals surface area contributed by atoms with Gasteiger partial charge >= 0.3 is 17.9 Å². The zero-order valence-electron chi connectivity index (χ0n) is 16.4. The highest BCUT2D eigenvalue weighted by atomic mass is 16.6. The minimum atomic E-state index is -1.49. The Hall–Kier alpha value is -3.11. The number of hydrogen-bond donors (Lipinski definition) is 2. The van der Waals surface area contributed by atoms with Crippen LogP contribution in [0.25, 0.3) is 11.2 Å². The number of carbonyl (C=O) groups excluding carboxylic acids is 1. The van der Waals surface area contributed by atoms with Gasteiger partial charge in [-0.2, -0.15) is 4.57 Å². The first-order valence-electron chi connectivity index (χ1n) is 9.53. The third kappa shape index (κ3) is 3.19. The van der Waals surface area contributed by atoms with Gasteiger partial charge in [0.25, 0.3) is 5.56 Å². The van der Waals surface area contributed by atoms with Gasteiger partial charge in [0.05, 0.1) is 6.33 Å². The topological polar surface area (TPSA) is 140 Å². The van der Waals surface area contributed by atoms with Crippen molar-refractivity contribution in [1.82, 2.24) is 24.0 Å². The molecule has 29 heavy (non-hydrogen) atoms. The average molecular weight is 405 g/mol. The molecule has 0 aromatic carbocycles. The predicted molar refractivity (Wildman–Crippen MR) is 101 cm³/mol. The van der Waals surface area contributed by atoms with Crippen LogP contribution in [0.2, 0.25) is 0 Å². The Balaban J connectivity index is 1.70. The smallest absolute Gasteiger partial charge is 0.421 e. The molecule has 2 N–H and O–H groups in total. The molecule has 0 radical (unpaired) electrons. The van der Waals surface area contributed by atoms with Gasteiger partial charge in [-0.25, -0.2) is 19.4 Å². The molecule has 2 unspecified atom stereocenters. The SMILES string of the molecule is CC(C)(C)OC(=O)N1C2CCC1CC(n1cnc3c(=O)[nH]c(=O)n(C(=O)O)c31)C2. The number of aromatic nitrogens is 4. The fourth-order valence-electron chi connectivity index (χ4n) is 4.48. The summed E-state index contributed by atoms with van der Waals surface area (Å²) in [5, 5.41) is 9.47. The van der Waals surface area contributed by atoms with E-state index in [9.17, 15) is 24.3 Å². The van der Waals surface area contributed by atoms with E-state index in [4.69, 9.17) is 4.74 Å². The van der Waals surface area contributed by atoms with Crippen LogP contribution >= 0.6 is 0 Å². The van der Waals surface area contributed by atoms with Gasteiger partial charge in [0, 0.05) is 18.1 Å². The van der Waals surface area contributed by atoms with Gasteiger partial charge in [-0.05, 0) is 46.5 Å². The molecule has 2 aliphatic rings. The van der Waals surface area contributed by atoms with Crippen LogP contribution < -0.4 is 11.2 Å². The van der Waals surface area contributed by atoms with Crippen LogP contribution in [0.15, 0.2) is 15.9 Å². The molecule has 0 spiro atoms. The second-order valence-corrected chi connectivity index (χ2v) is 8.60. The molecule has 2 saturated heterocycles. The second-order valence-electron chi connectivity index (χ2n) is 8.60. The Morgan fingerprint density at radius 1 is 1.17 bits per heavy atom. The Morgan fingerprint density at radius 2 is 1.79 bits per heavy atom. The lowest BCUT2D eigenvalue weighted by molar-refractivity contribution is 0.00311. The van der Waals surface area contributed by atoms with Crippen LogP contribution in [0, 0.1) is 0 Å². The average Bonchev–Trinajstić information content (AvgIpc) is 3.12. The van der Waals surface area contributed by atoms with E-state index in [1.54, 1.807) is 9.47 Å². The molecule has 2 bridgehead atoms. The molecule has 1 amide bonds. The van der Waals surface area contributed by atoms with E-state index in [1.807, 2.05) is 25.8 Å². The number of hydrogen-bond acceptors (Lipinski definition) is 6. The largest absolute Gasteiger partial charge is 0.464 e. The fraction of sp³-hybridized carbons (Fsp3) is 0.611. The number of aromatic amines is 1. The highest BCUT2D eigenvalue weighted by Gasteiger charge is 2.45. The third-order valence-electron chi connectivity index (χ3n) is 5.52. The molecule has 0 saturated carbocycles. The van der Waals surface area contributed by atoms with Crippen molar-refractivity contribution >= 4 is 23.4 Å². The number of amides is 1. The van der Waals surface area contributed by atoms with Crippen LogP contribution in [0.1, 0.15) is 52.5 Å². The number of nitrogens with zero attached hydrogens (tertiary/aromatic N) is 4. The van der Waals surface area contributed by atoms with E-state index in [1.165, 1.54) is 6.33 Å². The molecule has 2 aromatic heterocycles. The molecule has 156 valence electrons. The number of fused-ring (bicyclic) bond motifs is 3. The Kier molecular flexibility index (Phi) is 4.28. The quantitative estimate of drug-likeness (QED) is 0.733. The molecule has 0 aliphatic carbocycles. The van der Waals surface area contributed by atoms with Crippen LogP contribution in [-0.4, -0.2) is 59.0 Å². The maximum Gasteiger partial charge on any atom is 0.421 e. The van der Waals surface area contributed by atoms with Crippen LogP contribution in [0.3, 0.4) is 0 Å². The molecule has 11 heteroatoms. The standard InChI is InChI=1S/C18H23N5O6/c1-18(2,3)29-17(28)22-9-4-5-10(22)7-11(6-9)21-8-19-12-13(24)20-15(25)23(14(12)21)16(26)27/h8-11H,4-7H2,1-3H3,(H,26,27)(H,20,24,25). The minimum Gasteiger partial charge on any atom is -0.464 e. The molecule has 4 heterocycles. The van der Waals surface area contributed by atoms with Crippen LogP contribution in [-0.2, 0) is 4.74 Å². The summed E-state index contributed by atoms with van der Waals surface area (Å²) < 4.78 is 7.62. The van der Waals surface area contributed by atoms with Gasteiger partial charge in [-0.3, -0.25) is 9.78 Å². The number of H-pyrrole nitrogens is 1. The lowest BCUT2D eigenvalue weighted by Gasteiger charge is -2.40. The third-order valence-corrected chi connectivity index (χ3v) is 5.52. The zero-order valence-corrected chi connectivity index (χ0v) is 16.4. The van der Waals surface area contributed by atoms with Crippen molar-refractivity contribution in [3.8, 4) is 0 Å². The van der Waals surface area contributed by atoms with Gasteiger partial charge in [-0.1, -0.05) is 0 Å². The number of ether oxygens (including phenoxy) is 1. The number of carbonyl (C=O) groups is 2. The molecular weight excluding hydrogens is 382 g/mol. The normalized spacial score (nSPS) is 24.1. The number of carboxylic acid groups (broad SMARTS) is 1. The van der Waals surface area contributed by atoms with Crippen LogP contribution in [0.4, 0.5) is 9.59 Å². The molecule has 2 aromatic rings. The van der Waals surface area contributed by atoms with Gasteiger partial charge in [0.15, 0.2) is 11.2 Å². The maximum atomic E-state index is 12.6. The maximum absolute atomic E-state index is 12.6. The monoisotopic (exact) mass is 405 g/mol. The Morgan fingerprint density at radius 3 is 2.34 bits per heavy atom. The summed E-state index contributed by atoms with van der Waals surface area (Å²) in [5.41, 5.74) is -2.48. The van der Waals surface area contributed by atoms with E-state index in [-0.39, 0.29) is 35.4 Å². The first-order valence-corrected chi connectivity index (χ1v) is 9.53. The van der Waals surface area contributed by atoms with Gasteiger partial charge in [0.2, 0.25) is 0 Å². The molecule has 4 rings (SSSR count). The van der Waals surface area contributed by atoms with Gasteiger partial charge in [-0.15, -0.1) is 0 Å². The number of nitrogens with one attached hydrogen (secondary N) is 1. The van der Waals surface area contributed by atoms with Crippen molar-refractivity contribution in [3.63, 3.8) is 0 Å². The lowest BCUT2D eigenvalue weighted by atomic mass is 9.97. The zero-order chi connectivity index (χ0) is 21.1. The van der Waals surface area contributed by atoms with Crippen molar-refractivity contribution in [2.75, 3.05) is 0 Å².